The molecule has 1 aliphatic rings. The number of rotatable bonds is 3. The molecule has 16 heavy (non-hydrogen) atoms. The van der Waals surface area contributed by atoms with Gasteiger partial charge < -0.3 is 4.90 Å². The van der Waals surface area contributed by atoms with Gasteiger partial charge in [-0.05, 0) is 36.8 Å². The van der Waals surface area contributed by atoms with Crippen molar-refractivity contribution in [1.29, 1.82) is 0 Å². The molecule has 1 fully saturated rings. The molecule has 0 spiro atoms. The van der Waals surface area contributed by atoms with Crippen LogP contribution >= 0.6 is 11.6 Å². The van der Waals surface area contributed by atoms with E-state index in [0.29, 0.717) is 10.6 Å². The SMILES string of the molecule is CCC1(CC)CCN(c2ccc(Cl)nn2)C1. The molecule has 88 valence electrons. The molecule has 0 aliphatic carbocycles. The predicted octanol–water partition coefficient (Wildman–Crippen LogP) is 3.15. The van der Waals surface area contributed by atoms with Gasteiger partial charge in [-0.3, -0.25) is 0 Å². The minimum atomic E-state index is 0.459. The van der Waals surface area contributed by atoms with Crippen LogP contribution in [0.15, 0.2) is 12.1 Å². The number of halogens is 1. The highest BCUT2D eigenvalue weighted by molar-refractivity contribution is 6.29. The second kappa shape index (κ2) is 4.58. The van der Waals surface area contributed by atoms with Crippen molar-refractivity contribution in [3.63, 3.8) is 0 Å². The summed E-state index contributed by atoms with van der Waals surface area (Å²) in [7, 11) is 0. The second-order valence-corrected chi connectivity index (χ2v) is 4.98. The molecular formula is C12H18ClN3. The molecule has 0 aromatic carbocycles. The van der Waals surface area contributed by atoms with Gasteiger partial charge >= 0.3 is 0 Å². The fourth-order valence-corrected chi connectivity index (χ4v) is 2.54. The average Bonchev–Trinajstić information content (AvgIpc) is 2.75. The van der Waals surface area contributed by atoms with Gasteiger partial charge in [0.2, 0.25) is 0 Å². The quantitative estimate of drug-likeness (QED) is 0.812. The molecule has 0 saturated carbocycles. The smallest absolute Gasteiger partial charge is 0.151 e. The molecule has 1 aliphatic heterocycles. The number of nitrogens with zero attached hydrogens (tertiary/aromatic N) is 3. The first-order chi connectivity index (χ1) is 7.69. The lowest BCUT2D eigenvalue weighted by molar-refractivity contribution is 0.301. The van der Waals surface area contributed by atoms with E-state index in [-0.39, 0.29) is 0 Å². The van der Waals surface area contributed by atoms with E-state index in [0.717, 1.165) is 18.9 Å². The third-order valence-corrected chi connectivity index (χ3v) is 4.08. The van der Waals surface area contributed by atoms with E-state index in [2.05, 4.69) is 28.9 Å². The fraction of sp³-hybridized carbons (Fsp3) is 0.667. The summed E-state index contributed by atoms with van der Waals surface area (Å²) in [5.74, 6) is 0.952. The van der Waals surface area contributed by atoms with Crippen molar-refractivity contribution < 1.29 is 0 Å². The zero-order chi connectivity index (χ0) is 11.6. The van der Waals surface area contributed by atoms with Crippen LogP contribution in [0.1, 0.15) is 33.1 Å². The van der Waals surface area contributed by atoms with Crippen molar-refractivity contribution in [2.45, 2.75) is 33.1 Å². The topological polar surface area (TPSA) is 29.0 Å². The molecule has 2 heterocycles. The van der Waals surface area contributed by atoms with E-state index in [1.54, 1.807) is 0 Å². The highest BCUT2D eigenvalue weighted by Crippen LogP contribution is 2.38. The Balaban J connectivity index is 2.11. The van der Waals surface area contributed by atoms with Gasteiger partial charge in [0.25, 0.3) is 0 Å². The largest absolute Gasteiger partial charge is 0.355 e. The minimum absolute atomic E-state index is 0.459. The number of anilines is 1. The highest BCUT2D eigenvalue weighted by atomic mass is 35.5. The fourth-order valence-electron chi connectivity index (χ4n) is 2.44. The van der Waals surface area contributed by atoms with E-state index >= 15 is 0 Å². The molecule has 0 bridgehead atoms. The average molecular weight is 240 g/mol. The molecule has 4 heteroatoms. The Hall–Kier alpha value is -0.830. The summed E-state index contributed by atoms with van der Waals surface area (Å²) < 4.78 is 0. The van der Waals surface area contributed by atoms with E-state index < -0.39 is 0 Å². The van der Waals surface area contributed by atoms with Gasteiger partial charge in [-0.2, -0.15) is 0 Å². The van der Waals surface area contributed by atoms with Crippen LogP contribution in [0.3, 0.4) is 0 Å². The van der Waals surface area contributed by atoms with Crippen LogP contribution in [0.5, 0.6) is 0 Å². The summed E-state index contributed by atoms with van der Waals surface area (Å²) >= 11 is 5.74. The van der Waals surface area contributed by atoms with Gasteiger partial charge in [-0.15, -0.1) is 10.2 Å². The second-order valence-electron chi connectivity index (χ2n) is 4.59. The first kappa shape index (κ1) is 11.6. The molecule has 2 rings (SSSR count). The summed E-state index contributed by atoms with van der Waals surface area (Å²) in [6, 6.07) is 3.76. The minimum Gasteiger partial charge on any atom is -0.355 e. The first-order valence-electron chi connectivity index (χ1n) is 5.93. The van der Waals surface area contributed by atoms with Crippen LogP contribution in [0.4, 0.5) is 5.82 Å². The molecule has 0 amide bonds. The maximum absolute atomic E-state index is 5.74. The Kier molecular flexibility index (Phi) is 3.33. The van der Waals surface area contributed by atoms with E-state index in [1.807, 2.05) is 12.1 Å². The van der Waals surface area contributed by atoms with Crippen molar-refractivity contribution in [2.24, 2.45) is 5.41 Å². The lowest BCUT2D eigenvalue weighted by Crippen LogP contribution is -2.26. The standard InChI is InChI=1S/C12H18ClN3/c1-3-12(4-2)7-8-16(9-12)11-6-5-10(13)14-15-11/h5-6H,3-4,7-9H2,1-2H3. The van der Waals surface area contributed by atoms with Gasteiger partial charge in [-0.1, -0.05) is 25.4 Å². The first-order valence-corrected chi connectivity index (χ1v) is 6.31. The maximum atomic E-state index is 5.74. The Morgan fingerprint density at radius 1 is 1.31 bits per heavy atom. The molecule has 1 aromatic rings. The van der Waals surface area contributed by atoms with E-state index in [9.17, 15) is 0 Å². The summed E-state index contributed by atoms with van der Waals surface area (Å²) in [5, 5.41) is 8.49. The van der Waals surface area contributed by atoms with Gasteiger partial charge in [0.1, 0.15) is 0 Å². The van der Waals surface area contributed by atoms with Crippen LogP contribution in [0.2, 0.25) is 5.15 Å². The maximum Gasteiger partial charge on any atom is 0.151 e. The Labute approximate surface area is 102 Å². The third kappa shape index (κ3) is 2.14. The van der Waals surface area contributed by atoms with Gasteiger partial charge in [0, 0.05) is 13.1 Å². The molecule has 0 N–H and O–H groups in total. The lowest BCUT2D eigenvalue weighted by atomic mass is 9.82. The molecule has 3 nitrogen and oxygen atoms in total. The summed E-state index contributed by atoms with van der Waals surface area (Å²) in [4.78, 5) is 2.32. The van der Waals surface area contributed by atoms with E-state index in [1.165, 1.54) is 19.3 Å². The number of hydrogen-bond donors (Lipinski definition) is 0. The summed E-state index contributed by atoms with van der Waals surface area (Å²) in [5.41, 5.74) is 0.474. The van der Waals surface area contributed by atoms with Crippen molar-refractivity contribution >= 4 is 17.4 Å². The van der Waals surface area contributed by atoms with Crippen LogP contribution in [0, 0.1) is 5.41 Å². The van der Waals surface area contributed by atoms with Crippen LogP contribution in [-0.4, -0.2) is 23.3 Å². The molecule has 0 unspecified atom stereocenters. The van der Waals surface area contributed by atoms with E-state index in [4.69, 9.17) is 11.6 Å². The number of aromatic nitrogens is 2. The third-order valence-electron chi connectivity index (χ3n) is 3.88. The summed E-state index contributed by atoms with van der Waals surface area (Å²) in [6.45, 7) is 6.73. The van der Waals surface area contributed by atoms with Gasteiger partial charge in [0.15, 0.2) is 11.0 Å². The highest BCUT2D eigenvalue weighted by Gasteiger charge is 2.35. The lowest BCUT2D eigenvalue weighted by Gasteiger charge is -2.26. The normalized spacial score (nSPS) is 19.1. The van der Waals surface area contributed by atoms with Crippen molar-refractivity contribution in [3.05, 3.63) is 17.3 Å². The predicted molar refractivity (Wildman–Crippen MR) is 66.9 cm³/mol. The number of hydrogen-bond acceptors (Lipinski definition) is 3. The summed E-state index contributed by atoms with van der Waals surface area (Å²) in [6.07, 6.45) is 3.73. The molecule has 0 atom stereocenters. The monoisotopic (exact) mass is 239 g/mol. The zero-order valence-electron chi connectivity index (χ0n) is 9.91. The van der Waals surface area contributed by atoms with Crippen molar-refractivity contribution in [2.75, 3.05) is 18.0 Å². The van der Waals surface area contributed by atoms with Crippen LogP contribution in [0.25, 0.3) is 0 Å². The van der Waals surface area contributed by atoms with Gasteiger partial charge in [0.05, 0.1) is 0 Å². The Morgan fingerprint density at radius 2 is 2.06 bits per heavy atom. The Bertz CT molecular complexity index is 346. The van der Waals surface area contributed by atoms with Crippen molar-refractivity contribution in [1.82, 2.24) is 10.2 Å². The van der Waals surface area contributed by atoms with Crippen LogP contribution in [-0.2, 0) is 0 Å². The van der Waals surface area contributed by atoms with Crippen molar-refractivity contribution in [3.8, 4) is 0 Å². The Morgan fingerprint density at radius 3 is 2.56 bits per heavy atom. The molecule has 1 aromatic heterocycles. The van der Waals surface area contributed by atoms with Gasteiger partial charge in [-0.25, -0.2) is 0 Å². The molecule has 1 saturated heterocycles. The zero-order valence-corrected chi connectivity index (χ0v) is 10.7. The van der Waals surface area contributed by atoms with Crippen LogP contribution < -0.4 is 4.90 Å². The molecule has 0 radical (unpaired) electrons. The molecular weight excluding hydrogens is 222 g/mol.